The first kappa shape index (κ1) is 18.1. The average Bonchev–Trinajstić information content (AvgIpc) is 2.58. The van der Waals surface area contributed by atoms with Gasteiger partial charge in [-0.05, 0) is 68.4 Å². The van der Waals surface area contributed by atoms with Crippen molar-refractivity contribution < 1.29 is 13.5 Å². The molecule has 1 aliphatic rings. The largest absolute Gasteiger partial charge is 0.393 e. The van der Waals surface area contributed by atoms with Crippen molar-refractivity contribution in [1.82, 2.24) is 4.72 Å². The van der Waals surface area contributed by atoms with E-state index in [-0.39, 0.29) is 12.1 Å². The second-order valence-corrected chi connectivity index (χ2v) is 8.68. The smallest absolute Gasteiger partial charge is 0.240 e. The number of hydrogen-bond acceptors (Lipinski definition) is 3. The van der Waals surface area contributed by atoms with E-state index in [1.54, 1.807) is 12.1 Å². The molecule has 2 aromatic carbocycles. The third-order valence-corrected chi connectivity index (χ3v) is 6.41. The van der Waals surface area contributed by atoms with Gasteiger partial charge in [0.1, 0.15) is 0 Å². The monoisotopic (exact) mass is 359 g/mol. The van der Waals surface area contributed by atoms with Gasteiger partial charge in [-0.15, -0.1) is 0 Å². The molecule has 0 aromatic heterocycles. The van der Waals surface area contributed by atoms with Crippen LogP contribution in [0.25, 0.3) is 11.1 Å². The van der Waals surface area contributed by atoms with Crippen molar-refractivity contribution in [1.29, 1.82) is 0 Å². The molecule has 2 N–H and O–H groups in total. The Balaban J connectivity index is 1.80. The molecule has 2 aromatic rings. The van der Waals surface area contributed by atoms with Crippen LogP contribution in [0.5, 0.6) is 0 Å². The highest BCUT2D eigenvalue weighted by Gasteiger charge is 2.25. The zero-order valence-corrected chi connectivity index (χ0v) is 15.5. The normalized spacial score (nSPS) is 21.2. The lowest BCUT2D eigenvalue weighted by molar-refractivity contribution is 0.120. The van der Waals surface area contributed by atoms with Gasteiger partial charge in [0, 0.05) is 6.04 Å². The lowest BCUT2D eigenvalue weighted by atomic mass is 9.94. The number of aliphatic hydroxyl groups excluding tert-OH is 1. The highest BCUT2D eigenvalue weighted by Crippen LogP contribution is 2.27. The van der Waals surface area contributed by atoms with Gasteiger partial charge in [0.05, 0.1) is 11.0 Å². The van der Waals surface area contributed by atoms with E-state index in [2.05, 4.69) is 29.0 Å². The molecule has 5 heteroatoms. The first-order valence-corrected chi connectivity index (χ1v) is 10.2. The second-order valence-electron chi connectivity index (χ2n) is 6.97. The van der Waals surface area contributed by atoms with Crippen molar-refractivity contribution in [3.8, 4) is 11.1 Å². The Kier molecular flexibility index (Phi) is 5.27. The highest BCUT2D eigenvalue weighted by molar-refractivity contribution is 7.89. The van der Waals surface area contributed by atoms with Crippen molar-refractivity contribution in [2.24, 2.45) is 0 Å². The number of benzene rings is 2. The summed E-state index contributed by atoms with van der Waals surface area (Å²) in [6, 6.07) is 13.4. The van der Waals surface area contributed by atoms with Crippen LogP contribution < -0.4 is 4.72 Å². The van der Waals surface area contributed by atoms with Crippen molar-refractivity contribution in [2.75, 3.05) is 0 Å². The fraction of sp³-hybridized carbons (Fsp3) is 0.400. The molecule has 0 heterocycles. The zero-order chi connectivity index (χ0) is 18.0. The third kappa shape index (κ3) is 4.29. The summed E-state index contributed by atoms with van der Waals surface area (Å²) < 4.78 is 28.1. The van der Waals surface area contributed by atoms with Crippen molar-refractivity contribution in [3.05, 3.63) is 53.6 Å². The number of rotatable bonds is 4. The molecule has 1 saturated carbocycles. The molecule has 0 unspecified atom stereocenters. The Morgan fingerprint density at radius 3 is 2.20 bits per heavy atom. The molecular weight excluding hydrogens is 334 g/mol. The molecule has 3 rings (SSSR count). The fourth-order valence-electron chi connectivity index (χ4n) is 3.34. The first-order valence-electron chi connectivity index (χ1n) is 8.73. The third-order valence-electron chi connectivity index (χ3n) is 4.89. The molecular formula is C20H25NO3S. The van der Waals surface area contributed by atoms with Gasteiger partial charge in [-0.1, -0.05) is 35.9 Å². The van der Waals surface area contributed by atoms with E-state index >= 15 is 0 Å². The number of aryl methyl sites for hydroxylation is 2. The van der Waals surface area contributed by atoms with Crippen LogP contribution in [0.2, 0.25) is 0 Å². The van der Waals surface area contributed by atoms with Crippen LogP contribution >= 0.6 is 0 Å². The van der Waals surface area contributed by atoms with Crippen LogP contribution in [0.1, 0.15) is 36.8 Å². The van der Waals surface area contributed by atoms with E-state index in [0.717, 1.165) is 16.7 Å². The molecule has 4 nitrogen and oxygen atoms in total. The van der Waals surface area contributed by atoms with Gasteiger partial charge >= 0.3 is 0 Å². The maximum Gasteiger partial charge on any atom is 0.240 e. The number of aliphatic hydroxyl groups is 1. The number of nitrogens with one attached hydrogen (secondary N) is 1. The molecule has 134 valence electrons. The molecule has 1 aliphatic carbocycles. The molecule has 0 bridgehead atoms. The van der Waals surface area contributed by atoms with E-state index in [4.69, 9.17) is 0 Å². The van der Waals surface area contributed by atoms with Crippen LogP contribution in [-0.2, 0) is 10.0 Å². The summed E-state index contributed by atoms with van der Waals surface area (Å²) in [5.41, 5.74) is 4.26. The predicted molar refractivity (Wildman–Crippen MR) is 99.9 cm³/mol. The predicted octanol–water partition coefficient (Wildman–Crippen LogP) is 3.55. The van der Waals surface area contributed by atoms with Crippen LogP contribution in [-0.4, -0.2) is 25.7 Å². The van der Waals surface area contributed by atoms with E-state index in [1.807, 2.05) is 19.9 Å². The second kappa shape index (κ2) is 7.28. The molecule has 1 fully saturated rings. The van der Waals surface area contributed by atoms with Crippen LogP contribution in [0.4, 0.5) is 0 Å². The minimum absolute atomic E-state index is 0.0921. The summed E-state index contributed by atoms with van der Waals surface area (Å²) in [5.74, 6) is 0. The van der Waals surface area contributed by atoms with Crippen LogP contribution in [0, 0.1) is 13.8 Å². The molecule has 0 atom stereocenters. The van der Waals surface area contributed by atoms with E-state index in [0.29, 0.717) is 30.6 Å². The van der Waals surface area contributed by atoms with Crippen molar-refractivity contribution in [2.45, 2.75) is 56.6 Å². The molecule has 25 heavy (non-hydrogen) atoms. The minimum Gasteiger partial charge on any atom is -0.393 e. The van der Waals surface area contributed by atoms with E-state index in [9.17, 15) is 13.5 Å². The first-order chi connectivity index (χ1) is 11.8. The Labute approximate surface area is 150 Å². The Bertz CT molecular complexity index is 836. The summed E-state index contributed by atoms with van der Waals surface area (Å²) in [4.78, 5) is 0.298. The molecule has 0 saturated heterocycles. The van der Waals surface area contributed by atoms with Gasteiger partial charge in [0.2, 0.25) is 10.0 Å². The van der Waals surface area contributed by atoms with Crippen molar-refractivity contribution >= 4 is 10.0 Å². The average molecular weight is 359 g/mol. The zero-order valence-electron chi connectivity index (χ0n) is 14.7. The van der Waals surface area contributed by atoms with Gasteiger partial charge in [-0.3, -0.25) is 0 Å². The Morgan fingerprint density at radius 1 is 0.960 bits per heavy atom. The summed E-state index contributed by atoms with van der Waals surface area (Å²) in [6.45, 7) is 3.98. The quantitative estimate of drug-likeness (QED) is 0.877. The van der Waals surface area contributed by atoms with E-state index < -0.39 is 10.0 Å². The Morgan fingerprint density at radius 2 is 1.60 bits per heavy atom. The van der Waals surface area contributed by atoms with Gasteiger partial charge in [0.15, 0.2) is 0 Å². The summed E-state index contributed by atoms with van der Waals surface area (Å²) >= 11 is 0. The molecule has 0 aliphatic heterocycles. The Hall–Kier alpha value is -1.69. The number of sulfonamides is 1. The molecule has 0 radical (unpaired) electrons. The fourth-order valence-corrected chi connectivity index (χ4v) is 4.73. The van der Waals surface area contributed by atoms with Gasteiger partial charge < -0.3 is 5.11 Å². The van der Waals surface area contributed by atoms with Crippen LogP contribution in [0.3, 0.4) is 0 Å². The summed E-state index contributed by atoms with van der Waals surface area (Å²) in [5, 5.41) is 9.56. The standard InChI is InChI=1S/C20H25NO3S/c1-14-3-5-16(6-4-14)20-12-11-19(13-15(20)2)25(23,24)21-17-7-9-18(22)10-8-17/h3-6,11-13,17-18,21-22H,7-10H2,1-2H3. The van der Waals surface area contributed by atoms with Gasteiger partial charge in [-0.25, -0.2) is 13.1 Å². The number of hydrogen-bond donors (Lipinski definition) is 2. The highest BCUT2D eigenvalue weighted by atomic mass is 32.2. The minimum atomic E-state index is -3.54. The van der Waals surface area contributed by atoms with Crippen molar-refractivity contribution in [3.63, 3.8) is 0 Å². The topological polar surface area (TPSA) is 66.4 Å². The lowest BCUT2D eigenvalue weighted by Gasteiger charge is -2.26. The molecule has 0 amide bonds. The lowest BCUT2D eigenvalue weighted by Crippen LogP contribution is -2.38. The molecule has 0 spiro atoms. The maximum absolute atomic E-state index is 12.7. The summed E-state index contributed by atoms with van der Waals surface area (Å²) in [6.07, 6.45) is 2.37. The summed E-state index contributed by atoms with van der Waals surface area (Å²) in [7, 11) is -3.54. The van der Waals surface area contributed by atoms with Gasteiger partial charge in [0.25, 0.3) is 0 Å². The SMILES string of the molecule is Cc1ccc(-c2ccc(S(=O)(=O)NC3CCC(O)CC3)cc2C)cc1. The van der Waals surface area contributed by atoms with Crippen LogP contribution in [0.15, 0.2) is 47.4 Å². The van der Waals surface area contributed by atoms with E-state index in [1.165, 1.54) is 5.56 Å². The van der Waals surface area contributed by atoms with Gasteiger partial charge in [-0.2, -0.15) is 0 Å². The maximum atomic E-state index is 12.7.